The predicted molar refractivity (Wildman–Crippen MR) is 66.9 cm³/mol. The number of halogens is 1. The first-order chi connectivity index (χ1) is 7.79. The zero-order valence-corrected chi connectivity index (χ0v) is 11.5. The smallest absolute Gasteiger partial charge is 0.255 e. The van der Waals surface area contributed by atoms with E-state index in [0.29, 0.717) is 6.42 Å². The molecule has 0 saturated carbocycles. The molecular formula is C12H24BFO3. The highest BCUT2D eigenvalue weighted by Crippen LogP contribution is 2.19. The van der Waals surface area contributed by atoms with E-state index in [9.17, 15) is 4.39 Å². The van der Waals surface area contributed by atoms with Crippen LogP contribution in [0.5, 0.6) is 0 Å². The van der Waals surface area contributed by atoms with Gasteiger partial charge in [-0.15, -0.1) is 0 Å². The minimum Gasteiger partial charge on any atom is -0.373 e. The Kier molecular flexibility index (Phi) is 8.00. The molecular weight excluding hydrogens is 222 g/mol. The summed E-state index contributed by atoms with van der Waals surface area (Å²) in [6.45, 7) is 8.83. The van der Waals surface area contributed by atoms with Gasteiger partial charge in [-0.05, 0) is 34.1 Å². The number of alkyl halides is 1. The lowest BCUT2D eigenvalue weighted by molar-refractivity contribution is -0.229. The quantitative estimate of drug-likeness (QED) is 0.585. The van der Waals surface area contributed by atoms with Crippen molar-refractivity contribution in [3.63, 3.8) is 0 Å². The Labute approximate surface area is 105 Å². The van der Waals surface area contributed by atoms with Crippen molar-refractivity contribution in [2.75, 3.05) is 13.2 Å². The van der Waals surface area contributed by atoms with Gasteiger partial charge < -0.3 is 14.2 Å². The fraction of sp³-hybridized carbons (Fsp3) is 1.00. The van der Waals surface area contributed by atoms with Gasteiger partial charge in [0.25, 0.3) is 5.85 Å². The van der Waals surface area contributed by atoms with Gasteiger partial charge in [-0.3, -0.25) is 0 Å². The molecule has 0 heterocycles. The lowest BCUT2D eigenvalue weighted by Gasteiger charge is -2.30. The highest BCUT2D eigenvalue weighted by atomic mass is 19.2. The Hall–Kier alpha value is -0.125. The van der Waals surface area contributed by atoms with Crippen molar-refractivity contribution in [3.05, 3.63) is 0 Å². The normalized spacial score (nSPS) is 14.6. The van der Waals surface area contributed by atoms with Crippen LogP contribution in [-0.4, -0.2) is 45.1 Å². The first-order valence-electron chi connectivity index (χ1n) is 6.14. The van der Waals surface area contributed by atoms with Crippen LogP contribution in [0.2, 0.25) is 0 Å². The summed E-state index contributed by atoms with van der Waals surface area (Å²) in [4.78, 5) is 0. The van der Waals surface area contributed by atoms with Crippen LogP contribution in [0.15, 0.2) is 0 Å². The topological polar surface area (TPSA) is 27.7 Å². The zero-order chi connectivity index (χ0) is 13.5. The molecule has 1 atom stereocenters. The molecule has 5 heteroatoms. The van der Waals surface area contributed by atoms with Crippen molar-refractivity contribution in [1.29, 1.82) is 0 Å². The van der Waals surface area contributed by atoms with Crippen LogP contribution in [0.1, 0.15) is 41.0 Å². The molecule has 0 aliphatic heterocycles. The molecule has 0 aliphatic rings. The largest absolute Gasteiger partial charge is 0.373 e. The summed E-state index contributed by atoms with van der Waals surface area (Å²) < 4.78 is 30.0. The molecule has 0 spiro atoms. The molecule has 17 heavy (non-hydrogen) atoms. The minimum absolute atomic E-state index is 0.0642. The van der Waals surface area contributed by atoms with Crippen LogP contribution >= 0.6 is 0 Å². The van der Waals surface area contributed by atoms with Gasteiger partial charge in [0.15, 0.2) is 0 Å². The fourth-order valence-corrected chi connectivity index (χ4v) is 1.05. The molecule has 100 valence electrons. The van der Waals surface area contributed by atoms with E-state index in [1.807, 2.05) is 34.6 Å². The van der Waals surface area contributed by atoms with E-state index in [2.05, 4.69) is 0 Å². The van der Waals surface area contributed by atoms with Gasteiger partial charge in [-0.25, -0.2) is 4.39 Å². The van der Waals surface area contributed by atoms with E-state index in [0.717, 1.165) is 0 Å². The van der Waals surface area contributed by atoms with Crippen LogP contribution in [0.4, 0.5) is 4.39 Å². The lowest BCUT2D eigenvalue weighted by Crippen LogP contribution is -2.42. The lowest BCUT2D eigenvalue weighted by atomic mass is 9.97. The van der Waals surface area contributed by atoms with E-state index in [1.165, 1.54) is 0 Å². The van der Waals surface area contributed by atoms with E-state index >= 15 is 0 Å². The van der Waals surface area contributed by atoms with Gasteiger partial charge in [0.05, 0.1) is 12.2 Å². The van der Waals surface area contributed by atoms with Crippen LogP contribution < -0.4 is 0 Å². The molecule has 0 aromatic heterocycles. The van der Waals surface area contributed by atoms with Crippen molar-refractivity contribution in [3.8, 4) is 0 Å². The zero-order valence-electron chi connectivity index (χ0n) is 11.5. The maximum atomic E-state index is 14.4. The summed E-state index contributed by atoms with van der Waals surface area (Å²) >= 11 is 0. The fourth-order valence-electron chi connectivity index (χ4n) is 1.05. The second-order valence-electron chi connectivity index (χ2n) is 4.67. The Morgan fingerprint density at radius 3 is 1.76 bits per heavy atom. The third-order valence-electron chi connectivity index (χ3n) is 2.03. The molecule has 0 bridgehead atoms. The molecule has 0 aliphatic carbocycles. The Bertz CT molecular complexity index is 188. The number of hydrogen-bond donors (Lipinski definition) is 0. The van der Waals surface area contributed by atoms with Gasteiger partial charge >= 0.3 is 0 Å². The van der Waals surface area contributed by atoms with Crippen molar-refractivity contribution in [2.24, 2.45) is 0 Å². The van der Waals surface area contributed by atoms with Crippen molar-refractivity contribution >= 4 is 7.85 Å². The summed E-state index contributed by atoms with van der Waals surface area (Å²) in [7, 11) is 5.60. The summed E-state index contributed by atoms with van der Waals surface area (Å²) in [5.41, 5.74) is 0. The Morgan fingerprint density at radius 2 is 1.47 bits per heavy atom. The number of hydrogen-bond acceptors (Lipinski definition) is 3. The summed E-state index contributed by atoms with van der Waals surface area (Å²) in [5, 5.41) is 0. The monoisotopic (exact) mass is 246 g/mol. The number of rotatable bonds is 9. The first-order valence-corrected chi connectivity index (χ1v) is 6.14. The van der Waals surface area contributed by atoms with E-state index in [4.69, 9.17) is 22.1 Å². The second kappa shape index (κ2) is 8.06. The summed E-state index contributed by atoms with van der Waals surface area (Å²) in [6.07, 6.45) is 0.408. The highest BCUT2D eigenvalue weighted by Gasteiger charge is 2.34. The standard InChI is InChI=1S/C12H24BFO3/c1-6-11(13)17-12(14,7-15-9(2)3)8-16-10(4)5/h9-11H,6-8H2,1-5H3/t11-/m1/s1. The van der Waals surface area contributed by atoms with E-state index in [1.54, 1.807) is 0 Å². The van der Waals surface area contributed by atoms with Gasteiger partial charge in [-0.2, -0.15) is 0 Å². The van der Waals surface area contributed by atoms with E-state index in [-0.39, 0.29) is 25.4 Å². The van der Waals surface area contributed by atoms with Gasteiger partial charge in [-0.1, -0.05) is 6.92 Å². The van der Waals surface area contributed by atoms with Crippen molar-refractivity contribution in [2.45, 2.75) is 65.1 Å². The molecule has 0 saturated heterocycles. The van der Waals surface area contributed by atoms with Crippen molar-refractivity contribution in [1.82, 2.24) is 0 Å². The molecule has 2 radical (unpaired) electrons. The van der Waals surface area contributed by atoms with Crippen LogP contribution in [0.25, 0.3) is 0 Å². The van der Waals surface area contributed by atoms with Crippen LogP contribution in [0.3, 0.4) is 0 Å². The Balaban J connectivity index is 4.33. The number of ether oxygens (including phenoxy) is 3. The predicted octanol–water partition coefficient (Wildman–Crippen LogP) is 2.42. The third kappa shape index (κ3) is 8.58. The van der Waals surface area contributed by atoms with Crippen molar-refractivity contribution < 1.29 is 18.6 Å². The van der Waals surface area contributed by atoms with Crippen LogP contribution in [-0.2, 0) is 14.2 Å². The molecule has 0 fully saturated rings. The first kappa shape index (κ1) is 16.9. The maximum absolute atomic E-state index is 14.4. The molecule has 0 aromatic rings. The van der Waals surface area contributed by atoms with E-state index < -0.39 is 11.9 Å². The average molecular weight is 246 g/mol. The Morgan fingerprint density at radius 1 is 1.06 bits per heavy atom. The van der Waals surface area contributed by atoms with Gasteiger partial charge in [0, 0.05) is 6.00 Å². The molecule has 0 aromatic carbocycles. The maximum Gasteiger partial charge on any atom is 0.255 e. The second-order valence-corrected chi connectivity index (χ2v) is 4.67. The SMILES string of the molecule is [B][C@@H](CC)OC(F)(COC(C)C)COC(C)C. The third-order valence-corrected chi connectivity index (χ3v) is 2.03. The highest BCUT2D eigenvalue weighted by molar-refractivity contribution is 6.10. The minimum atomic E-state index is -1.98. The van der Waals surface area contributed by atoms with Gasteiger partial charge in [0.2, 0.25) is 0 Å². The molecule has 0 amide bonds. The molecule has 0 N–H and O–H groups in total. The molecule has 0 unspecified atom stereocenters. The average Bonchev–Trinajstić information content (AvgIpc) is 2.24. The van der Waals surface area contributed by atoms with Crippen LogP contribution in [0, 0.1) is 0 Å². The summed E-state index contributed by atoms with van der Waals surface area (Å²) in [6, 6.07) is -0.647. The molecule has 3 nitrogen and oxygen atoms in total. The summed E-state index contributed by atoms with van der Waals surface area (Å²) in [5.74, 6) is -1.98. The van der Waals surface area contributed by atoms with Gasteiger partial charge in [0.1, 0.15) is 21.1 Å². The molecule has 0 rings (SSSR count).